The van der Waals surface area contributed by atoms with Gasteiger partial charge in [0.15, 0.2) is 15.6 Å². The van der Waals surface area contributed by atoms with E-state index in [1.807, 2.05) is 6.92 Å². The molecule has 2 aromatic rings. The molecule has 0 unspecified atom stereocenters. The number of benzene rings is 1. The van der Waals surface area contributed by atoms with E-state index in [0.29, 0.717) is 29.9 Å². The van der Waals surface area contributed by atoms with Crippen molar-refractivity contribution in [2.24, 2.45) is 0 Å². The first-order valence-electron chi connectivity index (χ1n) is 8.09. The molecule has 0 aliphatic carbocycles. The number of aryl methyl sites for hydroxylation is 1. The Labute approximate surface area is 147 Å². The summed E-state index contributed by atoms with van der Waals surface area (Å²) < 4.78 is 25.4. The number of nitrogens with zero attached hydrogens (tertiary/aromatic N) is 2. The Hall–Kier alpha value is -2.35. The summed E-state index contributed by atoms with van der Waals surface area (Å²) in [5.74, 6) is -0.587. The Morgan fingerprint density at radius 1 is 1.28 bits per heavy atom. The second-order valence-electron chi connectivity index (χ2n) is 5.84. The van der Waals surface area contributed by atoms with Crippen molar-refractivity contribution in [3.05, 3.63) is 35.0 Å². The quantitative estimate of drug-likeness (QED) is 0.731. The Morgan fingerprint density at radius 2 is 1.96 bits per heavy atom. The van der Waals surface area contributed by atoms with E-state index in [0.717, 1.165) is 12.7 Å². The topological polar surface area (TPSA) is 101 Å². The summed E-state index contributed by atoms with van der Waals surface area (Å²) in [6.07, 6.45) is 3.27. The molecule has 136 valence electrons. The van der Waals surface area contributed by atoms with Gasteiger partial charge in [0.2, 0.25) is 5.88 Å². The minimum absolute atomic E-state index is 0.0958. The van der Waals surface area contributed by atoms with Gasteiger partial charge in [-0.1, -0.05) is 6.92 Å². The maximum absolute atomic E-state index is 12.8. The number of ketones is 1. The summed E-state index contributed by atoms with van der Waals surface area (Å²) in [4.78, 5) is 13.0. The third-order valence-electron chi connectivity index (χ3n) is 3.98. The van der Waals surface area contributed by atoms with Crippen LogP contribution in [0.1, 0.15) is 41.8 Å². The molecular weight excluding hydrogens is 342 g/mol. The number of hydrogen-bond acceptors (Lipinski definition) is 6. The van der Waals surface area contributed by atoms with Gasteiger partial charge < -0.3 is 10.4 Å². The number of aromatic hydroxyl groups is 1. The van der Waals surface area contributed by atoms with Crippen molar-refractivity contribution in [2.45, 2.75) is 38.6 Å². The molecular formula is C17H23N3O4S. The van der Waals surface area contributed by atoms with Crippen LogP contribution in [-0.2, 0) is 16.4 Å². The molecule has 1 aromatic heterocycles. The third-order valence-corrected chi connectivity index (χ3v) is 5.12. The van der Waals surface area contributed by atoms with Crippen LogP contribution in [0, 0.1) is 6.92 Å². The number of anilines is 1. The van der Waals surface area contributed by atoms with Crippen LogP contribution >= 0.6 is 0 Å². The molecule has 0 spiro atoms. The molecule has 2 N–H and O–H groups in total. The van der Waals surface area contributed by atoms with Crippen molar-refractivity contribution in [2.75, 3.05) is 18.1 Å². The maximum Gasteiger partial charge on any atom is 0.220 e. The summed E-state index contributed by atoms with van der Waals surface area (Å²) in [5.41, 5.74) is 1.39. The zero-order valence-corrected chi connectivity index (χ0v) is 15.6. The second kappa shape index (κ2) is 7.26. The second-order valence-corrected chi connectivity index (χ2v) is 7.82. The number of carbonyl (C=O) groups is 1. The molecule has 1 heterocycles. The fourth-order valence-electron chi connectivity index (χ4n) is 2.63. The van der Waals surface area contributed by atoms with Gasteiger partial charge in [0.25, 0.3) is 0 Å². The third kappa shape index (κ3) is 3.68. The fraction of sp³-hybridized carbons (Fsp3) is 0.412. The summed E-state index contributed by atoms with van der Waals surface area (Å²) in [6, 6.07) is 2.91. The number of nitrogens with one attached hydrogen (secondary N) is 1. The SMILES string of the molecule is CCCNc1c(S(C)(=O)=O)ccc(C(=O)c2cnn(CC)c2O)c1C. The van der Waals surface area contributed by atoms with Gasteiger partial charge in [-0.15, -0.1) is 0 Å². The van der Waals surface area contributed by atoms with Crippen LogP contribution in [0.15, 0.2) is 23.2 Å². The van der Waals surface area contributed by atoms with Crippen molar-refractivity contribution in [1.82, 2.24) is 9.78 Å². The molecule has 0 saturated carbocycles. The largest absolute Gasteiger partial charge is 0.493 e. The number of carbonyl (C=O) groups excluding carboxylic acids is 1. The molecule has 7 nitrogen and oxygen atoms in total. The van der Waals surface area contributed by atoms with Crippen molar-refractivity contribution < 1.29 is 18.3 Å². The van der Waals surface area contributed by atoms with Gasteiger partial charge in [0, 0.05) is 24.9 Å². The Bertz CT molecular complexity index is 901. The van der Waals surface area contributed by atoms with Gasteiger partial charge in [-0.2, -0.15) is 5.10 Å². The van der Waals surface area contributed by atoms with Crippen molar-refractivity contribution in [3.8, 4) is 5.88 Å². The van der Waals surface area contributed by atoms with Gasteiger partial charge in [0.05, 0.1) is 16.8 Å². The normalized spacial score (nSPS) is 11.5. The standard InChI is InChI=1S/C17H23N3O4S/c1-5-9-18-15-11(3)12(7-8-14(15)25(4,23)24)16(21)13-10-19-20(6-2)17(13)22/h7-8,10,18,22H,5-6,9H2,1-4H3. The molecule has 0 aliphatic rings. The van der Waals surface area contributed by atoms with Crippen LogP contribution in [0.3, 0.4) is 0 Å². The van der Waals surface area contributed by atoms with Crippen molar-refractivity contribution >= 4 is 21.3 Å². The summed E-state index contributed by atoms with van der Waals surface area (Å²) in [7, 11) is -3.44. The van der Waals surface area contributed by atoms with Crippen LogP contribution in [0.5, 0.6) is 5.88 Å². The van der Waals surface area contributed by atoms with Crippen LogP contribution < -0.4 is 5.32 Å². The maximum atomic E-state index is 12.8. The molecule has 25 heavy (non-hydrogen) atoms. The molecule has 2 rings (SSSR count). The zero-order valence-electron chi connectivity index (χ0n) is 14.8. The summed E-state index contributed by atoms with van der Waals surface area (Å²) >= 11 is 0. The van der Waals surface area contributed by atoms with E-state index >= 15 is 0 Å². The average Bonchev–Trinajstić information content (AvgIpc) is 2.92. The predicted molar refractivity (Wildman–Crippen MR) is 96.1 cm³/mol. The first-order chi connectivity index (χ1) is 11.7. The zero-order chi connectivity index (χ0) is 18.8. The number of hydrogen-bond donors (Lipinski definition) is 2. The highest BCUT2D eigenvalue weighted by Gasteiger charge is 2.24. The predicted octanol–water partition coefficient (Wildman–Crippen LogP) is 2.37. The van der Waals surface area contributed by atoms with E-state index in [9.17, 15) is 18.3 Å². The van der Waals surface area contributed by atoms with E-state index in [4.69, 9.17) is 0 Å². The molecule has 0 radical (unpaired) electrons. The van der Waals surface area contributed by atoms with Crippen LogP contribution in [-0.4, -0.2) is 41.9 Å². The Balaban J connectivity index is 2.58. The molecule has 8 heteroatoms. The fourth-order valence-corrected chi connectivity index (χ4v) is 3.54. The van der Waals surface area contributed by atoms with Gasteiger partial charge in [-0.3, -0.25) is 4.79 Å². The van der Waals surface area contributed by atoms with E-state index in [2.05, 4.69) is 10.4 Å². The summed E-state index contributed by atoms with van der Waals surface area (Å²) in [5, 5.41) is 17.2. The van der Waals surface area contributed by atoms with Crippen molar-refractivity contribution in [3.63, 3.8) is 0 Å². The van der Waals surface area contributed by atoms with Crippen molar-refractivity contribution in [1.29, 1.82) is 0 Å². The number of aromatic nitrogens is 2. The average molecular weight is 365 g/mol. The van der Waals surface area contributed by atoms with Gasteiger partial charge in [-0.05, 0) is 38.0 Å². The van der Waals surface area contributed by atoms with Crippen LogP contribution in [0.2, 0.25) is 0 Å². The van der Waals surface area contributed by atoms with Crippen LogP contribution in [0.4, 0.5) is 5.69 Å². The lowest BCUT2D eigenvalue weighted by atomic mass is 9.99. The van der Waals surface area contributed by atoms with E-state index in [1.54, 1.807) is 13.8 Å². The lowest BCUT2D eigenvalue weighted by Gasteiger charge is -2.16. The summed E-state index contributed by atoms with van der Waals surface area (Å²) in [6.45, 7) is 6.49. The molecule has 0 fully saturated rings. The Morgan fingerprint density at radius 3 is 2.48 bits per heavy atom. The minimum Gasteiger partial charge on any atom is -0.493 e. The first-order valence-corrected chi connectivity index (χ1v) is 9.98. The lowest BCUT2D eigenvalue weighted by molar-refractivity contribution is 0.103. The molecule has 0 aliphatic heterocycles. The minimum atomic E-state index is -3.44. The van der Waals surface area contributed by atoms with Gasteiger partial charge in [0.1, 0.15) is 5.56 Å². The smallest absolute Gasteiger partial charge is 0.220 e. The molecule has 0 atom stereocenters. The monoisotopic (exact) mass is 365 g/mol. The highest BCUT2D eigenvalue weighted by Crippen LogP contribution is 2.31. The molecule has 0 amide bonds. The highest BCUT2D eigenvalue weighted by atomic mass is 32.2. The van der Waals surface area contributed by atoms with Gasteiger partial charge >= 0.3 is 0 Å². The van der Waals surface area contributed by atoms with Gasteiger partial charge in [-0.25, -0.2) is 13.1 Å². The Kier molecular flexibility index (Phi) is 5.52. The van der Waals surface area contributed by atoms with E-state index < -0.39 is 15.6 Å². The molecule has 0 saturated heterocycles. The van der Waals surface area contributed by atoms with Crippen LogP contribution in [0.25, 0.3) is 0 Å². The first kappa shape index (κ1) is 19.0. The lowest BCUT2D eigenvalue weighted by Crippen LogP contribution is -2.12. The van der Waals surface area contributed by atoms with E-state index in [-0.39, 0.29) is 16.3 Å². The molecule has 0 bridgehead atoms. The number of sulfone groups is 1. The van der Waals surface area contributed by atoms with E-state index in [1.165, 1.54) is 23.0 Å². The number of rotatable bonds is 7. The molecule has 1 aromatic carbocycles. The highest BCUT2D eigenvalue weighted by molar-refractivity contribution is 7.90.